The predicted molar refractivity (Wildman–Crippen MR) is 69.5 cm³/mol. The van der Waals surface area contributed by atoms with Gasteiger partial charge in [-0.25, -0.2) is 8.78 Å². The van der Waals surface area contributed by atoms with Crippen LogP contribution in [0.25, 0.3) is 22.4 Å². The second-order valence-electron chi connectivity index (χ2n) is 4.17. The summed E-state index contributed by atoms with van der Waals surface area (Å²) in [5.74, 6) is -1.32. The SMILES string of the molecule is Nc1onc(-c2cc(F)cc(F)c2)c1-c1cccnc1. The molecule has 0 aliphatic heterocycles. The van der Waals surface area contributed by atoms with Crippen molar-refractivity contribution in [2.75, 3.05) is 5.73 Å². The Kier molecular flexibility index (Phi) is 2.90. The quantitative estimate of drug-likeness (QED) is 0.778. The van der Waals surface area contributed by atoms with Gasteiger partial charge in [-0.3, -0.25) is 4.98 Å². The largest absolute Gasteiger partial charge is 0.367 e. The minimum atomic E-state index is -0.696. The van der Waals surface area contributed by atoms with Crippen molar-refractivity contribution in [1.82, 2.24) is 10.1 Å². The molecule has 2 aromatic heterocycles. The Morgan fingerprint density at radius 2 is 1.80 bits per heavy atom. The highest BCUT2D eigenvalue weighted by Crippen LogP contribution is 2.36. The van der Waals surface area contributed by atoms with Gasteiger partial charge in [0.1, 0.15) is 17.3 Å². The van der Waals surface area contributed by atoms with Gasteiger partial charge in [0.25, 0.3) is 0 Å². The number of halogens is 2. The number of hydrogen-bond acceptors (Lipinski definition) is 4. The maximum atomic E-state index is 13.3. The van der Waals surface area contributed by atoms with E-state index in [1.165, 1.54) is 12.1 Å². The van der Waals surface area contributed by atoms with E-state index < -0.39 is 11.6 Å². The van der Waals surface area contributed by atoms with Gasteiger partial charge >= 0.3 is 0 Å². The van der Waals surface area contributed by atoms with Crippen molar-refractivity contribution in [2.24, 2.45) is 0 Å². The molecule has 2 heterocycles. The molecular formula is C14H9F2N3O. The highest BCUT2D eigenvalue weighted by Gasteiger charge is 2.18. The number of rotatable bonds is 2. The summed E-state index contributed by atoms with van der Waals surface area (Å²) in [6, 6.07) is 6.60. The van der Waals surface area contributed by atoms with E-state index in [4.69, 9.17) is 10.3 Å². The summed E-state index contributed by atoms with van der Waals surface area (Å²) >= 11 is 0. The van der Waals surface area contributed by atoms with Gasteiger partial charge in [-0.15, -0.1) is 0 Å². The Bertz CT molecular complexity index is 736. The molecule has 100 valence electrons. The van der Waals surface area contributed by atoms with Crippen molar-refractivity contribution in [1.29, 1.82) is 0 Å². The summed E-state index contributed by atoms with van der Waals surface area (Å²) in [6.45, 7) is 0. The van der Waals surface area contributed by atoms with E-state index in [1.54, 1.807) is 24.5 Å². The normalized spacial score (nSPS) is 10.7. The molecule has 0 unspecified atom stereocenters. The average molecular weight is 273 g/mol. The van der Waals surface area contributed by atoms with Crippen molar-refractivity contribution in [2.45, 2.75) is 0 Å². The zero-order chi connectivity index (χ0) is 14.1. The highest BCUT2D eigenvalue weighted by molar-refractivity contribution is 5.86. The molecule has 0 saturated carbocycles. The minimum absolute atomic E-state index is 0.0673. The third kappa shape index (κ3) is 2.11. The molecule has 0 radical (unpaired) electrons. The summed E-state index contributed by atoms with van der Waals surface area (Å²) in [7, 11) is 0. The molecule has 3 aromatic rings. The molecule has 0 aliphatic rings. The lowest BCUT2D eigenvalue weighted by Crippen LogP contribution is -1.90. The number of nitrogens with zero attached hydrogens (tertiary/aromatic N) is 2. The molecule has 0 fully saturated rings. The molecule has 1 aromatic carbocycles. The molecular weight excluding hydrogens is 264 g/mol. The fourth-order valence-corrected chi connectivity index (χ4v) is 1.98. The Morgan fingerprint density at radius 1 is 1.05 bits per heavy atom. The number of nitrogen functional groups attached to an aromatic ring is 1. The number of nitrogens with two attached hydrogens (primary N) is 1. The van der Waals surface area contributed by atoms with Crippen LogP contribution in [0.15, 0.2) is 47.2 Å². The minimum Gasteiger partial charge on any atom is -0.367 e. The Morgan fingerprint density at radius 3 is 2.45 bits per heavy atom. The van der Waals surface area contributed by atoms with Gasteiger partial charge in [0.2, 0.25) is 5.88 Å². The summed E-state index contributed by atoms with van der Waals surface area (Å²) in [4.78, 5) is 3.98. The lowest BCUT2D eigenvalue weighted by Gasteiger charge is -2.03. The second kappa shape index (κ2) is 4.73. The molecule has 3 rings (SSSR count). The number of anilines is 1. The Labute approximate surface area is 112 Å². The topological polar surface area (TPSA) is 64.9 Å². The van der Waals surface area contributed by atoms with E-state index in [0.29, 0.717) is 11.1 Å². The monoisotopic (exact) mass is 273 g/mol. The predicted octanol–water partition coefficient (Wildman–Crippen LogP) is 3.26. The standard InChI is InChI=1S/C14H9F2N3O/c15-10-4-9(5-11(16)6-10)13-12(14(17)20-19-13)8-2-1-3-18-7-8/h1-7H,17H2. The first-order chi connectivity index (χ1) is 9.65. The average Bonchev–Trinajstić information content (AvgIpc) is 2.80. The van der Waals surface area contributed by atoms with Crippen LogP contribution in [-0.4, -0.2) is 10.1 Å². The third-order valence-corrected chi connectivity index (χ3v) is 2.80. The zero-order valence-electron chi connectivity index (χ0n) is 10.2. The first-order valence-electron chi connectivity index (χ1n) is 5.77. The van der Waals surface area contributed by atoms with Crippen LogP contribution in [0, 0.1) is 11.6 Å². The summed E-state index contributed by atoms with van der Waals surface area (Å²) in [5, 5.41) is 3.78. The first kappa shape index (κ1) is 12.3. The van der Waals surface area contributed by atoms with Crippen molar-refractivity contribution in [3.05, 3.63) is 54.4 Å². The summed E-state index contributed by atoms with van der Waals surface area (Å²) < 4.78 is 31.6. The van der Waals surface area contributed by atoms with Crippen LogP contribution in [0.2, 0.25) is 0 Å². The lowest BCUT2D eigenvalue weighted by molar-refractivity contribution is 0.439. The lowest BCUT2D eigenvalue weighted by atomic mass is 10.0. The van der Waals surface area contributed by atoms with Crippen LogP contribution in [-0.2, 0) is 0 Å². The highest BCUT2D eigenvalue weighted by atomic mass is 19.1. The van der Waals surface area contributed by atoms with Gasteiger partial charge in [-0.05, 0) is 18.2 Å². The van der Waals surface area contributed by atoms with Crippen molar-refractivity contribution in [3.63, 3.8) is 0 Å². The molecule has 20 heavy (non-hydrogen) atoms. The van der Waals surface area contributed by atoms with E-state index >= 15 is 0 Å². The second-order valence-corrected chi connectivity index (χ2v) is 4.17. The molecule has 0 spiro atoms. The third-order valence-electron chi connectivity index (χ3n) is 2.80. The maximum Gasteiger partial charge on any atom is 0.230 e. The molecule has 0 bridgehead atoms. The number of pyridine rings is 1. The van der Waals surface area contributed by atoms with Crippen LogP contribution in [0.4, 0.5) is 14.7 Å². The first-order valence-corrected chi connectivity index (χ1v) is 5.77. The zero-order valence-corrected chi connectivity index (χ0v) is 10.2. The molecule has 4 nitrogen and oxygen atoms in total. The van der Waals surface area contributed by atoms with Gasteiger partial charge in [0, 0.05) is 29.6 Å². The van der Waals surface area contributed by atoms with Gasteiger partial charge < -0.3 is 10.3 Å². The van der Waals surface area contributed by atoms with Gasteiger partial charge in [-0.1, -0.05) is 11.2 Å². The van der Waals surface area contributed by atoms with Crippen molar-refractivity contribution >= 4 is 5.88 Å². The van der Waals surface area contributed by atoms with Crippen LogP contribution in [0.3, 0.4) is 0 Å². The maximum absolute atomic E-state index is 13.3. The number of aromatic nitrogens is 2. The van der Waals surface area contributed by atoms with Crippen LogP contribution in [0.1, 0.15) is 0 Å². The summed E-state index contributed by atoms with van der Waals surface area (Å²) in [6.07, 6.45) is 3.18. The number of hydrogen-bond donors (Lipinski definition) is 1. The fraction of sp³-hybridized carbons (Fsp3) is 0. The van der Waals surface area contributed by atoms with Crippen molar-refractivity contribution < 1.29 is 13.3 Å². The fourth-order valence-electron chi connectivity index (χ4n) is 1.98. The Hall–Kier alpha value is -2.76. The van der Waals surface area contributed by atoms with E-state index in [9.17, 15) is 8.78 Å². The molecule has 0 aliphatic carbocycles. The van der Waals surface area contributed by atoms with Crippen LogP contribution < -0.4 is 5.73 Å². The van der Waals surface area contributed by atoms with Crippen LogP contribution >= 0.6 is 0 Å². The van der Waals surface area contributed by atoms with Crippen LogP contribution in [0.5, 0.6) is 0 Å². The van der Waals surface area contributed by atoms with Gasteiger partial charge in [-0.2, -0.15) is 0 Å². The van der Waals surface area contributed by atoms with E-state index in [2.05, 4.69) is 10.1 Å². The van der Waals surface area contributed by atoms with E-state index in [1.807, 2.05) is 0 Å². The summed E-state index contributed by atoms with van der Waals surface area (Å²) in [5.41, 5.74) is 7.39. The molecule has 0 atom stereocenters. The Balaban J connectivity index is 2.21. The molecule has 0 saturated heterocycles. The number of benzene rings is 1. The molecule has 0 amide bonds. The smallest absolute Gasteiger partial charge is 0.230 e. The molecule has 2 N–H and O–H groups in total. The van der Waals surface area contributed by atoms with E-state index in [0.717, 1.165) is 6.07 Å². The van der Waals surface area contributed by atoms with Crippen molar-refractivity contribution in [3.8, 4) is 22.4 Å². The molecule has 6 heteroatoms. The van der Waals surface area contributed by atoms with Gasteiger partial charge in [0.15, 0.2) is 0 Å². The van der Waals surface area contributed by atoms with Gasteiger partial charge in [0.05, 0.1) is 5.56 Å². The van der Waals surface area contributed by atoms with E-state index in [-0.39, 0.29) is 17.1 Å².